The van der Waals surface area contributed by atoms with E-state index in [1.54, 1.807) is 0 Å². The molecule has 0 bridgehead atoms. The van der Waals surface area contributed by atoms with Crippen LogP contribution in [0.1, 0.15) is 0 Å². The summed E-state index contributed by atoms with van der Waals surface area (Å²) in [6.07, 6.45) is 0.554. The summed E-state index contributed by atoms with van der Waals surface area (Å²) in [4.78, 5) is 11.3. The molecule has 9 heteroatoms. The van der Waals surface area contributed by atoms with Gasteiger partial charge in [-0.25, -0.2) is 18.0 Å². The summed E-state index contributed by atoms with van der Waals surface area (Å²) >= 11 is 0. The van der Waals surface area contributed by atoms with Crippen molar-refractivity contribution in [2.45, 2.75) is 0 Å². The van der Waals surface area contributed by atoms with Gasteiger partial charge in [-0.05, 0) is 12.1 Å². The van der Waals surface area contributed by atoms with Crippen LogP contribution >= 0.6 is 0 Å². The van der Waals surface area contributed by atoms with Gasteiger partial charge in [-0.1, -0.05) is 0 Å². The molecule has 0 unspecified atom stereocenters. The first kappa shape index (κ1) is 13.4. The Morgan fingerprint density at radius 3 is 2.37 bits per heavy atom. The molecule has 0 saturated heterocycles. The molecule has 19 heavy (non-hydrogen) atoms. The van der Waals surface area contributed by atoms with Crippen molar-refractivity contribution in [3.63, 3.8) is 0 Å². The topological polar surface area (TPSA) is 73.6 Å². The van der Waals surface area contributed by atoms with Gasteiger partial charge in [-0.2, -0.15) is 8.42 Å². The molecule has 5 nitrogen and oxygen atoms in total. The van der Waals surface area contributed by atoms with Crippen LogP contribution in [-0.4, -0.2) is 14.7 Å². The van der Waals surface area contributed by atoms with Crippen LogP contribution in [0.15, 0.2) is 21.3 Å². The number of fused-ring (bicyclic) bond motifs is 1. The predicted molar refractivity (Wildman–Crippen MR) is 57.8 cm³/mol. The Labute approximate surface area is 104 Å². The lowest BCUT2D eigenvalue weighted by atomic mass is 10.2. The SMILES string of the molecule is CS(=O)(=O)Oc1c(F)c2c(F)c(F)ccc2oc1=O. The van der Waals surface area contributed by atoms with Gasteiger partial charge < -0.3 is 8.60 Å². The van der Waals surface area contributed by atoms with E-state index in [-0.39, 0.29) is 0 Å². The van der Waals surface area contributed by atoms with Crippen molar-refractivity contribution >= 4 is 21.1 Å². The highest BCUT2D eigenvalue weighted by Gasteiger charge is 2.23. The molecule has 0 aliphatic heterocycles. The van der Waals surface area contributed by atoms with Crippen molar-refractivity contribution in [1.82, 2.24) is 0 Å². The van der Waals surface area contributed by atoms with Crippen LogP contribution in [0.4, 0.5) is 13.2 Å². The van der Waals surface area contributed by atoms with Crippen LogP contribution in [0.5, 0.6) is 5.75 Å². The van der Waals surface area contributed by atoms with Crippen molar-refractivity contribution in [3.8, 4) is 5.75 Å². The molecule has 2 rings (SSSR count). The summed E-state index contributed by atoms with van der Waals surface area (Å²) in [6, 6.07) is 1.47. The van der Waals surface area contributed by atoms with Crippen molar-refractivity contribution < 1.29 is 30.2 Å². The first-order valence-corrected chi connectivity index (χ1v) is 6.52. The Bertz CT molecular complexity index is 825. The van der Waals surface area contributed by atoms with Gasteiger partial charge in [0.25, 0.3) is 5.75 Å². The number of hydrogen-bond donors (Lipinski definition) is 0. The van der Waals surface area contributed by atoms with E-state index in [1.807, 2.05) is 0 Å². The molecule has 0 saturated carbocycles. The van der Waals surface area contributed by atoms with Crippen molar-refractivity contribution in [1.29, 1.82) is 0 Å². The third-order valence-electron chi connectivity index (χ3n) is 2.10. The van der Waals surface area contributed by atoms with Crippen LogP contribution in [0, 0.1) is 17.5 Å². The van der Waals surface area contributed by atoms with Gasteiger partial charge in [-0.15, -0.1) is 0 Å². The fourth-order valence-corrected chi connectivity index (χ4v) is 1.84. The van der Waals surface area contributed by atoms with E-state index in [0.717, 1.165) is 6.07 Å². The molecule has 0 spiro atoms. The number of benzene rings is 1. The van der Waals surface area contributed by atoms with Crippen LogP contribution in [-0.2, 0) is 10.1 Å². The Balaban J connectivity index is 2.88. The average molecular weight is 294 g/mol. The molecule has 0 aliphatic carbocycles. The van der Waals surface area contributed by atoms with E-state index in [4.69, 9.17) is 0 Å². The summed E-state index contributed by atoms with van der Waals surface area (Å²) < 4.78 is 70.5. The first-order valence-electron chi connectivity index (χ1n) is 4.70. The van der Waals surface area contributed by atoms with Gasteiger partial charge >= 0.3 is 15.7 Å². The zero-order chi connectivity index (χ0) is 14.4. The average Bonchev–Trinajstić information content (AvgIpc) is 2.28. The zero-order valence-corrected chi connectivity index (χ0v) is 10.1. The van der Waals surface area contributed by atoms with Crippen LogP contribution < -0.4 is 9.81 Å². The minimum atomic E-state index is -4.23. The van der Waals surface area contributed by atoms with Crippen LogP contribution in [0.25, 0.3) is 11.0 Å². The Hall–Kier alpha value is -2.03. The third-order valence-corrected chi connectivity index (χ3v) is 2.57. The lowest BCUT2D eigenvalue weighted by Gasteiger charge is -2.06. The maximum Gasteiger partial charge on any atom is 0.383 e. The highest BCUT2D eigenvalue weighted by Crippen LogP contribution is 2.27. The number of rotatable bonds is 2. The number of halogens is 3. The second-order valence-corrected chi connectivity index (χ2v) is 5.13. The van der Waals surface area contributed by atoms with E-state index >= 15 is 0 Å². The summed E-state index contributed by atoms with van der Waals surface area (Å²) in [5.74, 6) is -5.99. The molecule has 1 aromatic heterocycles. The van der Waals surface area contributed by atoms with Gasteiger partial charge in [0.15, 0.2) is 17.5 Å². The monoisotopic (exact) mass is 294 g/mol. The molecule has 1 aromatic carbocycles. The predicted octanol–water partition coefficient (Wildman–Crippen LogP) is 1.55. The van der Waals surface area contributed by atoms with E-state index in [2.05, 4.69) is 8.60 Å². The molecule has 0 fully saturated rings. The van der Waals surface area contributed by atoms with Gasteiger partial charge in [-0.3, -0.25) is 0 Å². The second kappa shape index (κ2) is 4.26. The van der Waals surface area contributed by atoms with Crippen molar-refractivity contribution in [2.75, 3.05) is 6.26 Å². The van der Waals surface area contributed by atoms with Crippen molar-refractivity contribution in [2.24, 2.45) is 0 Å². The standard InChI is InChI=1S/C10H5F3O5S/c1-19(15,16)18-9-8(13)6-5(17-10(9)14)3-2-4(11)7(6)12/h2-3H,1H3. The lowest BCUT2D eigenvalue weighted by molar-refractivity contribution is 0.428. The first-order chi connectivity index (χ1) is 8.70. The summed E-state index contributed by atoms with van der Waals surface area (Å²) in [6.45, 7) is 0. The Morgan fingerprint density at radius 2 is 1.79 bits per heavy atom. The molecule has 0 N–H and O–H groups in total. The molecular formula is C10H5F3O5S. The minimum absolute atomic E-state index is 0.554. The fourth-order valence-electron chi connectivity index (χ4n) is 1.39. The highest BCUT2D eigenvalue weighted by molar-refractivity contribution is 7.86. The van der Waals surface area contributed by atoms with Gasteiger partial charge in [0, 0.05) is 0 Å². The maximum absolute atomic E-state index is 13.8. The molecule has 0 radical (unpaired) electrons. The van der Waals surface area contributed by atoms with Crippen LogP contribution in [0.3, 0.4) is 0 Å². The molecule has 0 aliphatic rings. The molecular weight excluding hydrogens is 289 g/mol. The fraction of sp³-hybridized carbons (Fsp3) is 0.100. The number of hydrogen-bond acceptors (Lipinski definition) is 5. The zero-order valence-electron chi connectivity index (χ0n) is 9.24. The Morgan fingerprint density at radius 1 is 1.16 bits per heavy atom. The van der Waals surface area contributed by atoms with E-state index in [1.165, 1.54) is 0 Å². The van der Waals surface area contributed by atoms with Crippen LogP contribution in [0.2, 0.25) is 0 Å². The third kappa shape index (κ3) is 2.41. The Kier molecular flexibility index (Phi) is 3.01. The molecule has 1 heterocycles. The highest BCUT2D eigenvalue weighted by atomic mass is 32.2. The quantitative estimate of drug-likeness (QED) is 0.620. The minimum Gasteiger partial charge on any atom is -0.420 e. The smallest absolute Gasteiger partial charge is 0.383 e. The lowest BCUT2D eigenvalue weighted by Crippen LogP contribution is -2.15. The molecule has 2 aromatic rings. The molecule has 0 amide bonds. The van der Waals surface area contributed by atoms with E-state index in [9.17, 15) is 26.4 Å². The van der Waals surface area contributed by atoms with Gasteiger partial charge in [0.05, 0.1) is 11.6 Å². The largest absolute Gasteiger partial charge is 0.420 e. The van der Waals surface area contributed by atoms with Crippen molar-refractivity contribution in [3.05, 3.63) is 40.0 Å². The molecule has 102 valence electrons. The summed E-state index contributed by atoms with van der Waals surface area (Å²) in [7, 11) is -4.23. The summed E-state index contributed by atoms with van der Waals surface area (Å²) in [5.41, 5.74) is -2.02. The van der Waals surface area contributed by atoms with E-state index in [0.29, 0.717) is 12.3 Å². The summed E-state index contributed by atoms with van der Waals surface area (Å²) in [5, 5.41) is -1.00. The normalized spacial score (nSPS) is 11.8. The van der Waals surface area contributed by atoms with Gasteiger partial charge in [0.2, 0.25) is 0 Å². The second-order valence-electron chi connectivity index (χ2n) is 3.55. The van der Waals surface area contributed by atoms with Gasteiger partial charge in [0.1, 0.15) is 5.58 Å². The maximum atomic E-state index is 13.8. The van der Waals surface area contributed by atoms with E-state index < -0.39 is 49.9 Å². The molecule has 0 atom stereocenters.